The first-order valence-electron chi connectivity index (χ1n) is 42.6. The van der Waals surface area contributed by atoms with Crippen molar-refractivity contribution < 1.29 is 25.5 Å². The molecule has 0 bridgehead atoms. The molecule has 4 fully saturated rings. The van der Waals surface area contributed by atoms with Gasteiger partial charge >= 0.3 is 0 Å². The first-order valence-corrected chi connectivity index (χ1v) is 42.6. The number of aliphatic hydroxyl groups is 5. The number of nitrogens with zero attached hydrogens (tertiary/aromatic N) is 5. The van der Waals surface area contributed by atoms with Crippen molar-refractivity contribution in [1.82, 2.24) is 24.5 Å². The van der Waals surface area contributed by atoms with E-state index in [1.807, 2.05) is 25.1 Å². The molecule has 108 heavy (non-hydrogen) atoms. The molecule has 5 aliphatic heterocycles. The standard InChI is InChI=1S/C24H25NO.C20H31NO.C19H29NO.C18H27NO.C17H25NO/c1-24(26,23-17-25(2)16-20-10-6-7-11-22(20)23)21-14-12-19(13-15-21)18-8-4-3-5-9-18;1-19(2,3)16-9-11-20(22,12-10-16)18-14-21(4)13-15-7-5-6-8-17(15)18;1-2-3-13-20-14-16-9-5-6-10-17(16)18(15-20)19(21)11-7-4-8-12-19;1-14(2)19-12-15-8-4-5-9-16(15)17(13-19)18(20)10-6-3-7-11-18;1-2-18-12-14-8-4-5-9-15(14)16(13-18)17(19)10-6-3-7-11-17/h3-15,23,26H,16-17H2,1-2H3;5-8,16,18,22H,9-14H2,1-4H3;5-6,9-10,18,21H,2-4,7-8,11-15H2,1H3;4-5,8-9,14,17,20H,3,6-7,10-13H2,1-2H3;4-5,8-9,16,19H,2-3,6-7,10-13H2,1H3. The number of likely N-dealkylation sites (N-methyl/N-ethyl adjacent to an activating group) is 3. The highest BCUT2D eigenvalue weighted by Crippen LogP contribution is 2.51. The molecule has 0 amide bonds. The normalized spacial score (nSPS) is 26.1. The molecule has 6 atom stereocenters. The average molecular weight is 1470 g/mol. The molecule has 7 aromatic carbocycles. The van der Waals surface area contributed by atoms with E-state index in [-0.39, 0.29) is 17.8 Å². The fraction of sp³-hybridized carbons (Fsp3) is 0.571. The molecule has 0 radical (unpaired) electrons. The molecule has 0 spiro atoms. The Morgan fingerprint density at radius 2 is 0.750 bits per heavy atom. The van der Waals surface area contributed by atoms with Crippen LogP contribution in [0.25, 0.3) is 11.1 Å². The van der Waals surface area contributed by atoms with E-state index in [1.54, 1.807) is 0 Å². The smallest absolute Gasteiger partial charge is 0.0949 e. The van der Waals surface area contributed by atoms with Crippen LogP contribution in [0.3, 0.4) is 0 Å². The van der Waals surface area contributed by atoms with Crippen LogP contribution >= 0.6 is 0 Å². The average Bonchev–Trinajstić information content (AvgIpc) is 0.793. The van der Waals surface area contributed by atoms with Crippen LogP contribution in [0.15, 0.2) is 176 Å². The highest BCUT2D eigenvalue weighted by Gasteiger charge is 2.48. The molecule has 9 aliphatic rings. The number of fused-ring (bicyclic) bond motifs is 5. The van der Waals surface area contributed by atoms with Gasteiger partial charge in [0.1, 0.15) is 0 Å². The molecule has 4 saturated carbocycles. The van der Waals surface area contributed by atoms with Gasteiger partial charge in [-0.3, -0.25) is 14.7 Å². The van der Waals surface area contributed by atoms with E-state index in [0.717, 1.165) is 154 Å². The van der Waals surface area contributed by atoms with Crippen molar-refractivity contribution in [1.29, 1.82) is 0 Å². The van der Waals surface area contributed by atoms with Gasteiger partial charge in [-0.25, -0.2) is 0 Å². The second-order valence-electron chi connectivity index (χ2n) is 36.4. The zero-order chi connectivity index (χ0) is 76.3. The molecule has 6 unspecified atom stereocenters. The molecule has 0 aromatic heterocycles. The lowest BCUT2D eigenvalue weighted by molar-refractivity contribution is -0.0553. The van der Waals surface area contributed by atoms with Crippen molar-refractivity contribution in [2.75, 3.05) is 59.9 Å². The SMILES string of the molecule is CC(C)N1Cc2ccccc2C(C2(O)CCCCC2)C1.CCCCN1Cc2ccccc2C(C2(O)CCCCC2)C1.CCN1Cc2ccccc2C(C2(O)CCCCC2)C1.CN1Cc2ccccc2C(C(C)(O)c2ccc(-c3ccccc3)cc2)C1.CN1Cc2ccccc2C(C2(O)CCC(C(C)(C)C)CC2)C1. The maximum Gasteiger partial charge on any atom is 0.0949 e. The van der Waals surface area contributed by atoms with E-state index in [2.05, 4.69) is 245 Å². The summed E-state index contributed by atoms with van der Waals surface area (Å²) in [5.41, 5.74) is 14.7. The quantitative estimate of drug-likeness (QED) is 0.0810. The highest BCUT2D eigenvalue weighted by atomic mass is 16.3. The van der Waals surface area contributed by atoms with Gasteiger partial charge in [0, 0.05) is 101 Å². The topological polar surface area (TPSA) is 117 Å². The summed E-state index contributed by atoms with van der Waals surface area (Å²) < 4.78 is 0. The van der Waals surface area contributed by atoms with Crippen molar-refractivity contribution in [3.63, 3.8) is 0 Å². The van der Waals surface area contributed by atoms with Crippen LogP contribution < -0.4 is 0 Å². The Kier molecular flexibility index (Phi) is 27.4. The number of rotatable bonds is 12. The van der Waals surface area contributed by atoms with Gasteiger partial charge < -0.3 is 35.3 Å². The van der Waals surface area contributed by atoms with Crippen molar-refractivity contribution >= 4 is 0 Å². The largest absolute Gasteiger partial charge is 0.389 e. The Morgan fingerprint density at radius 3 is 1.19 bits per heavy atom. The highest BCUT2D eigenvalue weighted by molar-refractivity contribution is 5.64. The van der Waals surface area contributed by atoms with E-state index in [1.165, 1.54) is 137 Å². The lowest BCUT2D eigenvalue weighted by atomic mass is 9.63. The summed E-state index contributed by atoms with van der Waals surface area (Å²) in [6, 6.07) is 62.7. The molecular formula is C98H137N5O5. The molecule has 0 saturated heterocycles. The van der Waals surface area contributed by atoms with Gasteiger partial charge in [0.25, 0.3) is 0 Å². The Hall–Kier alpha value is -5.86. The van der Waals surface area contributed by atoms with Crippen molar-refractivity contribution in [3.05, 3.63) is 237 Å². The molecule has 5 N–H and O–H groups in total. The fourth-order valence-electron chi connectivity index (χ4n) is 20.8. The van der Waals surface area contributed by atoms with E-state index < -0.39 is 28.0 Å². The number of hydrogen-bond donors (Lipinski definition) is 5. The van der Waals surface area contributed by atoms with E-state index >= 15 is 0 Å². The Morgan fingerprint density at radius 1 is 0.389 bits per heavy atom. The lowest BCUT2D eigenvalue weighted by Gasteiger charge is -2.47. The predicted octanol–water partition coefficient (Wildman–Crippen LogP) is 20.0. The van der Waals surface area contributed by atoms with Crippen LogP contribution in [-0.2, 0) is 38.3 Å². The third kappa shape index (κ3) is 19.4. The number of benzene rings is 7. The second kappa shape index (κ2) is 36.3. The predicted molar refractivity (Wildman–Crippen MR) is 447 cm³/mol. The molecule has 584 valence electrons. The van der Waals surface area contributed by atoms with Crippen LogP contribution in [-0.4, -0.2) is 138 Å². The Balaban J connectivity index is 0.000000127. The molecule has 10 nitrogen and oxygen atoms in total. The van der Waals surface area contributed by atoms with E-state index in [0.29, 0.717) is 23.3 Å². The first-order chi connectivity index (χ1) is 51.9. The maximum absolute atomic E-state index is 11.5. The van der Waals surface area contributed by atoms with Gasteiger partial charge in [0.15, 0.2) is 0 Å². The molecule has 10 heteroatoms. The summed E-state index contributed by atoms with van der Waals surface area (Å²) in [6.07, 6.45) is 23.5. The molecule has 16 rings (SSSR count). The zero-order valence-corrected chi connectivity index (χ0v) is 68.1. The molecule has 4 aliphatic carbocycles. The van der Waals surface area contributed by atoms with Crippen molar-refractivity contribution in [2.24, 2.45) is 11.3 Å². The lowest BCUT2D eigenvalue weighted by Crippen LogP contribution is -2.48. The van der Waals surface area contributed by atoms with Gasteiger partial charge in [-0.05, 0) is 202 Å². The maximum atomic E-state index is 11.5. The summed E-state index contributed by atoms with van der Waals surface area (Å²) in [5.74, 6) is 1.96. The van der Waals surface area contributed by atoms with Crippen molar-refractivity contribution in [2.45, 2.75) is 287 Å². The third-order valence-electron chi connectivity index (χ3n) is 27.6. The van der Waals surface area contributed by atoms with Crippen LogP contribution in [0.5, 0.6) is 0 Å². The minimum Gasteiger partial charge on any atom is -0.389 e. The number of hydrogen-bond acceptors (Lipinski definition) is 10. The number of unbranched alkanes of at least 4 members (excludes halogenated alkanes) is 1. The third-order valence-corrected chi connectivity index (χ3v) is 27.6. The van der Waals surface area contributed by atoms with Crippen molar-refractivity contribution in [3.8, 4) is 11.1 Å². The van der Waals surface area contributed by atoms with Gasteiger partial charge in [0.05, 0.1) is 28.0 Å². The summed E-state index contributed by atoms with van der Waals surface area (Å²) in [4.78, 5) is 12.2. The van der Waals surface area contributed by atoms with Crippen LogP contribution in [0.2, 0.25) is 0 Å². The Labute approximate surface area is 652 Å². The first kappa shape index (κ1) is 81.6. The molecular weight excluding hydrogens is 1330 g/mol. The van der Waals surface area contributed by atoms with Gasteiger partial charge in [-0.15, -0.1) is 0 Å². The van der Waals surface area contributed by atoms with Gasteiger partial charge in [-0.1, -0.05) is 275 Å². The zero-order valence-electron chi connectivity index (χ0n) is 68.1. The fourth-order valence-corrected chi connectivity index (χ4v) is 20.8. The van der Waals surface area contributed by atoms with E-state index in [4.69, 9.17) is 0 Å². The summed E-state index contributed by atoms with van der Waals surface area (Å²) >= 11 is 0. The van der Waals surface area contributed by atoms with E-state index in [9.17, 15) is 25.5 Å². The second-order valence-corrected chi connectivity index (χ2v) is 36.4. The summed E-state index contributed by atoms with van der Waals surface area (Å²) in [5, 5.41) is 56.5. The summed E-state index contributed by atoms with van der Waals surface area (Å²) in [7, 11) is 4.30. The van der Waals surface area contributed by atoms with Gasteiger partial charge in [0.2, 0.25) is 0 Å². The van der Waals surface area contributed by atoms with Crippen LogP contribution in [0.1, 0.15) is 281 Å². The monoisotopic (exact) mass is 1460 g/mol. The molecule has 7 aromatic rings. The van der Waals surface area contributed by atoms with Crippen LogP contribution in [0.4, 0.5) is 0 Å². The minimum absolute atomic E-state index is 0.0556. The Bertz CT molecular complexity index is 3930. The van der Waals surface area contributed by atoms with Gasteiger partial charge in [-0.2, -0.15) is 0 Å². The van der Waals surface area contributed by atoms with Crippen LogP contribution in [0, 0.1) is 11.3 Å². The molecule has 5 heterocycles. The summed E-state index contributed by atoms with van der Waals surface area (Å²) in [6.45, 7) is 30.2. The minimum atomic E-state index is -0.917.